The van der Waals surface area contributed by atoms with Crippen LogP contribution in [0.15, 0.2) is 36.4 Å². The Balaban J connectivity index is 1.79. The second-order valence-electron chi connectivity index (χ2n) is 16.4. The SMILES string of the molecule is CC(=O)C1C(=O)C(C(C)C)[C@@]2(C)[C@H](CC(=O)Cc3ccc(C)cc3C(C)(C)C)[C@]3(C)C(C(=O)c4c(O)cccc4[C@H]3C)C(=O)[C@@]2(O)C1=O. The van der Waals surface area contributed by atoms with Crippen molar-refractivity contribution in [3.63, 3.8) is 0 Å². The van der Waals surface area contributed by atoms with Crippen LogP contribution in [0.25, 0.3) is 0 Å². The van der Waals surface area contributed by atoms with Gasteiger partial charge in [-0.1, -0.05) is 91.3 Å². The minimum atomic E-state index is -2.92. The number of rotatable bonds is 6. The molecule has 2 aromatic carbocycles. The van der Waals surface area contributed by atoms with Crippen molar-refractivity contribution in [3.8, 4) is 5.75 Å². The first-order chi connectivity index (χ1) is 22.1. The largest absolute Gasteiger partial charge is 0.507 e. The summed E-state index contributed by atoms with van der Waals surface area (Å²) in [7, 11) is 0. The predicted octanol–water partition coefficient (Wildman–Crippen LogP) is 5.69. The molecule has 8 atom stereocenters. The number of aryl methyl sites for hydroxylation is 1. The molecule has 0 saturated heterocycles. The van der Waals surface area contributed by atoms with Gasteiger partial charge in [0, 0.05) is 24.2 Å². The van der Waals surface area contributed by atoms with Crippen molar-refractivity contribution in [2.24, 2.45) is 40.4 Å². The number of phenols is 1. The highest BCUT2D eigenvalue weighted by atomic mass is 16.3. The van der Waals surface area contributed by atoms with E-state index in [4.69, 9.17) is 0 Å². The first kappa shape index (κ1) is 35.5. The molecule has 0 spiro atoms. The molecule has 5 rings (SSSR count). The van der Waals surface area contributed by atoms with Crippen molar-refractivity contribution in [2.45, 2.75) is 99.0 Å². The van der Waals surface area contributed by atoms with Gasteiger partial charge >= 0.3 is 0 Å². The molecular weight excluding hydrogens is 608 g/mol. The lowest BCUT2D eigenvalue weighted by molar-refractivity contribution is -0.225. The van der Waals surface area contributed by atoms with Gasteiger partial charge in [0.15, 0.2) is 28.7 Å². The van der Waals surface area contributed by atoms with Gasteiger partial charge in [0.05, 0.1) is 11.5 Å². The summed E-state index contributed by atoms with van der Waals surface area (Å²) in [4.78, 5) is 85.2. The molecule has 2 fully saturated rings. The Morgan fingerprint density at radius 1 is 0.979 bits per heavy atom. The number of benzene rings is 2. The number of aromatic hydroxyl groups is 1. The number of carbonyl (C=O) groups excluding carboxylic acids is 6. The van der Waals surface area contributed by atoms with Crippen LogP contribution in [-0.4, -0.2) is 50.5 Å². The van der Waals surface area contributed by atoms with Gasteiger partial charge in [0.25, 0.3) is 0 Å². The van der Waals surface area contributed by atoms with Crippen molar-refractivity contribution in [3.05, 3.63) is 64.2 Å². The molecular formula is C40H48O8. The van der Waals surface area contributed by atoms with Crippen molar-refractivity contribution in [1.82, 2.24) is 0 Å². The van der Waals surface area contributed by atoms with Crippen LogP contribution in [0.4, 0.5) is 0 Å². The fraction of sp³-hybridized carbons (Fsp3) is 0.550. The summed E-state index contributed by atoms with van der Waals surface area (Å²) in [5.74, 6) is -11.9. The van der Waals surface area contributed by atoms with E-state index in [1.165, 1.54) is 13.0 Å². The maximum absolute atomic E-state index is 14.9. The summed E-state index contributed by atoms with van der Waals surface area (Å²) < 4.78 is 0. The van der Waals surface area contributed by atoms with Crippen LogP contribution in [-0.2, 0) is 35.8 Å². The van der Waals surface area contributed by atoms with Gasteiger partial charge in [-0.2, -0.15) is 0 Å². The van der Waals surface area contributed by atoms with Gasteiger partial charge in [-0.15, -0.1) is 0 Å². The molecule has 0 amide bonds. The van der Waals surface area contributed by atoms with Gasteiger partial charge in [-0.25, -0.2) is 0 Å². The van der Waals surface area contributed by atoms with Gasteiger partial charge in [0.1, 0.15) is 23.2 Å². The molecule has 0 heterocycles. The molecule has 0 aromatic heterocycles. The highest BCUT2D eigenvalue weighted by molar-refractivity contribution is 6.32. The number of fused-ring (bicyclic) bond motifs is 3. The fourth-order valence-corrected chi connectivity index (χ4v) is 10.0. The molecule has 48 heavy (non-hydrogen) atoms. The first-order valence-electron chi connectivity index (χ1n) is 16.9. The average molecular weight is 657 g/mol. The predicted molar refractivity (Wildman–Crippen MR) is 180 cm³/mol. The Labute approximate surface area is 282 Å². The van der Waals surface area contributed by atoms with Crippen LogP contribution in [0.1, 0.15) is 107 Å². The van der Waals surface area contributed by atoms with E-state index in [1.54, 1.807) is 32.9 Å². The maximum atomic E-state index is 14.9. The first-order valence-corrected chi connectivity index (χ1v) is 16.9. The number of aliphatic hydroxyl groups is 1. The highest BCUT2D eigenvalue weighted by Crippen LogP contribution is 2.70. The van der Waals surface area contributed by atoms with Crippen LogP contribution >= 0.6 is 0 Å². The standard InChI is InChI=1S/C40H48O8/c1-19(2)31-33(44)29(22(5)41)35(46)40(48)36(47)32-34(45)30-25(12-11-13-27(30)43)21(4)38(32,9)28(39(31,40)10)18-24(42)17-23-15-14-20(3)16-26(23)37(6,7)8/h11-16,19,21,28-29,31-32,43,48H,17-18H2,1-10H3/t21-,28-,29?,31?,32?,38-,39-,40+/m1/s1. The zero-order valence-corrected chi connectivity index (χ0v) is 29.7. The summed E-state index contributed by atoms with van der Waals surface area (Å²) in [6, 6.07) is 10.6. The van der Waals surface area contributed by atoms with Gasteiger partial charge in [0.2, 0.25) is 0 Å². The van der Waals surface area contributed by atoms with Gasteiger partial charge < -0.3 is 10.2 Å². The Kier molecular flexibility index (Phi) is 8.43. The third-order valence-electron chi connectivity index (χ3n) is 12.3. The van der Waals surface area contributed by atoms with Crippen LogP contribution < -0.4 is 0 Å². The quantitative estimate of drug-likeness (QED) is 0.378. The minimum absolute atomic E-state index is 0.0244. The Hall–Kier alpha value is -3.78. The molecule has 8 heteroatoms. The van der Waals surface area contributed by atoms with E-state index in [-0.39, 0.29) is 35.4 Å². The molecule has 2 aromatic rings. The molecule has 3 aliphatic carbocycles. The summed E-state index contributed by atoms with van der Waals surface area (Å²) in [5, 5.41) is 23.6. The number of Topliss-reactive ketones (excluding diaryl/α,β-unsaturated/α-hetero) is 6. The lowest BCUT2D eigenvalue weighted by atomic mass is 9.34. The second kappa shape index (κ2) is 11.4. The van der Waals surface area contributed by atoms with Crippen molar-refractivity contribution >= 4 is 34.7 Å². The maximum Gasteiger partial charge on any atom is 0.190 e. The smallest absolute Gasteiger partial charge is 0.190 e. The lowest BCUT2D eigenvalue weighted by Crippen LogP contribution is -2.80. The van der Waals surface area contributed by atoms with Gasteiger partial charge in [-0.05, 0) is 65.2 Å². The lowest BCUT2D eigenvalue weighted by Gasteiger charge is -2.67. The molecule has 8 nitrogen and oxygen atoms in total. The van der Waals surface area contributed by atoms with Crippen LogP contribution in [0, 0.1) is 47.3 Å². The topological polar surface area (TPSA) is 143 Å². The third-order valence-corrected chi connectivity index (χ3v) is 12.3. The van der Waals surface area contributed by atoms with E-state index in [1.807, 2.05) is 26.0 Å². The summed E-state index contributed by atoms with van der Waals surface area (Å²) in [5.41, 5.74) is -3.10. The monoisotopic (exact) mass is 656 g/mol. The molecule has 256 valence electrons. The normalized spacial score (nSPS) is 33.3. The third kappa shape index (κ3) is 4.65. The summed E-state index contributed by atoms with van der Waals surface area (Å²) >= 11 is 0. The van der Waals surface area contributed by atoms with Crippen LogP contribution in [0.2, 0.25) is 0 Å². The molecule has 2 saturated carbocycles. The van der Waals surface area contributed by atoms with E-state index in [9.17, 15) is 39.0 Å². The van der Waals surface area contributed by atoms with Gasteiger partial charge in [-0.3, -0.25) is 28.8 Å². The Morgan fingerprint density at radius 2 is 1.60 bits per heavy atom. The fourth-order valence-electron chi connectivity index (χ4n) is 10.0. The average Bonchev–Trinajstić information content (AvgIpc) is 2.96. The van der Waals surface area contributed by atoms with Crippen molar-refractivity contribution < 1.29 is 39.0 Å². The summed E-state index contributed by atoms with van der Waals surface area (Å²) in [6.07, 6.45) is -0.215. The Bertz CT molecular complexity index is 1780. The number of carbonyl (C=O) groups is 6. The van der Waals surface area contributed by atoms with Crippen molar-refractivity contribution in [2.75, 3.05) is 0 Å². The summed E-state index contributed by atoms with van der Waals surface area (Å²) in [6.45, 7) is 17.8. The molecule has 0 aliphatic heterocycles. The van der Waals surface area contributed by atoms with E-state index in [0.717, 1.165) is 23.6 Å². The number of phenolic OH excluding ortho intramolecular Hbond substituents is 1. The zero-order chi connectivity index (χ0) is 36.0. The molecule has 2 N–H and O–H groups in total. The number of ketones is 6. The minimum Gasteiger partial charge on any atom is -0.507 e. The van der Waals surface area contributed by atoms with Crippen LogP contribution in [0.3, 0.4) is 0 Å². The Morgan fingerprint density at radius 3 is 2.17 bits per heavy atom. The van der Waals surface area contributed by atoms with E-state index < -0.39 is 80.9 Å². The van der Waals surface area contributed by atoms with E-state index >= 15 is 0 Å². The number of hydrogen-bond donors (Lipinski definition) is 2. The molecule has 3 aliphatic rings. The highest BCUT2D eigenvalue weighted by Gasteiger charge is 2.80. The number of hydrogen-bond acceptors (Lipinski definition) is 8. The second-order valence-corrected chi connectivity index (χ2v) is 16.4. The molecule has 3 unspecified atom stereocenters. The van der Waals surface area contributed by atoms with E-state index in [2.05, 4.69) is 26.8 Å². The van der Waals surface area contributed by atoms with E-state index in [0.29, 0.717) is 5.56 Å². The van der Waals surface area contributed by atoms with Crippen LogP contribution in [0.5, 0.6) is 5.75 Å². The molecule has 0 bridgehead atoms. The molecule has 0 radical (unpaired) electrons. The zero-order valence-electron chi connectivity index (χ0n) is 29.7. The van der Waals surface area contributed by atoms with Crippen molar-refractivity contribution in [1.29, 1.82) is 0 Å².